The highest BCUT2D eigenvalue weighted by Gasteiger charge is 2.26. The fourth-order valence-corrected chi connectivity index (χ4v) is 7.37. The molecule has 6 N–H and O–H groups in total. The average molecular weight is 1210 g/mol. The van der Waals surface area contributed by atoms with Crippen LogP contribution >= 0.6 is 39.1 Å². The van der Waals surface area contributed by atoms with Crippen molar-refractivity contribution in [3.8, 4) is 28.1 Å². The van der Waals surface area contributed by atoms with Crippen LogP contribution in [0.3, 0.4) is 0 Å². The number of halogens is 3. The molecule has 2 atom stereocenters. The number of carbonyl (C=O) groups is 7. The molecule has 23 nitrogen and oxygen atoms in total. The van der Waals surface area contributed by atoms with Gasteiger partial charge in [-0.1, -0.05) is 126 Å². The zero-order valence-corrected chi connectivity index (χ0v) is 45.5. The van der Waals surface area contributed by atoms with Crippen LogP contribution in [0.25, 0.3) is 22.3 Å². The summed E-state index contributed by atoms with van der Waals surface area (Å²) < 4.78 is 28.7. The molecule has 0 saturated heterocycles. The molecule has 0 radical (unpaired) electrons. The zero-order chi connectivity index (χ0) is 58.1. The number of ketones is 1. The highest BCUT2D eigenvalue weighted by Crippen LogP contribution is 2.25. The highest BCUT2D eigenvalue weighted by molar-refractivity contribution is 9.09. The summed E-state index contributed by atoms with van der Waals surface area (Å²) in [6, 6.07) is 39.8. The number of nitrogens with one attached hydrogen (secondary N) is 3. The van der Waals surface area contributed by atoms with Crippen molar-refractivity contribution in [2.45, 2.75) is 39.1 Å². The topological polar surface area (TPSA) is 320 Å². The molecule has 7 rings (SSSR count). The van der Waals surface area contributed by atoms with Crippen molar-refractivity contribution in [3.63, 3.8) is 0 Å². The summed E-state index contributed by atoms with van der Waals surface area (Å²) in [6.45, 7) is 0.975. The van der Waals surface area contributed by atoms with Crippen molar-refractivity contribution < 1.29 is 76.9 Å². The van der Waals surface area contributed by atoms with Gasteiger partial charge < -0.3 is 43.3 Å². The van der Waals surface area contributed by atoms with E-state index in [4.69, 9.17) is 46.8 Å². The predicted octanol–water partition coefficient (Wildman–Crippen LogP) is 6.61. The van der Waals surface area contributed by atoms with Crippen molar-refractivity contribution in [2.75, 3.05) is 32.0 Å². The van der Waals surface area contributed by atoms with Gasteiger partial charge in [-0.3, -0.25) is 39.6 Å². The number of hydrogen-bond acceptors (Lipinski definition) is 19. The molecule has 0 spiro atoms. The minimum atomic E-state index is -1.75. The van der Waals surface area contributed by atoms with Crippen LogP contribution in [0.4, 0.5) is 0 Å². The van der Waals surface area contributed by atoms with Crippen molar-refractivity contribution in [1.29, 1.82) is 0 Å². The molecule has 26 heteroatoms. The molecule has 80 heavy (non-hydrogen) atoms. The quantitative estimate of drug-likeness (QED) is 0.00980. The van der Waals surface area contributed by atoms with Crippen LogP contribution in [-0.4, -0.2) is 121 Å². The number of amides is 2. The number of H-pyrrole nitrogens is 1. The Labute approximate surface area is 473 Å². The number of aromatic amines is 1. The molecular formula is C54H51BrCl2N6O17. The number of aliphatic hydroxyl groups excluding tert-OH is 2. The Morgan fingerprint density at radius 1 is 0.650 bits per heavy atom. The number of hydrazine groups is 2. The van der Waals surface area contributed by atoms with Gasteiger partial charge in [0.25, 0.3) is 11.4 Å². The number of aliphatic hydroxyl groups is 2. The number of carboxylic acid groups (broad SMARTS) is 1. The Morgan fingerprint density at radius 2 is 1.18 bits per heavy atom. The van der Waals surface area contributed by atoms with Crippen molar-refractivity contribution in [3.05, 3.63) is 188 Å². The molecule has 0 fully saturated rings. The Morgan fingerprint density at radius 3 is 1.64 bits per heavy atom. The van der Waals surface area contributed by atoms with Gasteiger partial charge in [-0.15, -0.1) is 0 Å². The van der Waals surface area contributed by atoms with Crippen LogP contribution < -0.4 is 21.1 Å². The summed E-state index contributed by atoms with van der Waals surface area (Å²) in [4.78, 5) is 92.9. The maximum atomic E-state index is 12.6. The number of carboxylic acids is 1. The van der Waals surface area contributed by atoms with Crippen molar-refractivity contribution >= 4 is 80.6 Å². The minimum Gasteiger partial charge on any atom is -0.479 e. The van der Waals surface area contributed by atoms with E-state index in [2.05, 4.69) is 41.4 Å². The monoisotopic (exact) mass is 1200 g/mol. The van der Waals surface area contributed by atoms with Crippen LogP contribution in [0.1, 0.15) is 56.4 Å². The molecule has 2 aromatic heterocycles. The smallest absolute Gasteiger partial charge is 0.336 e. The number of esters is 3. The van der Waals surface area contributed by atoms with Crippen LogP contribution in [0.2, 0.25) is 10.0 Å². The lowest BCUT2D eigenvalue weighted by molar-refractivity contribution is -0.154. The van der Waals surface area contributed by atoms with Gasteiger partial charge in [0.2, 0.25) is 18.3 Å². The largest absolute Gasteiger partial charge is 0.479 e. The Bertz CT molecular complexity index is 3250. The first-order valence-corrected chi connectivity index (χ1v) is 25.4. The first-order valence-electron chi connectivity index (χ1n) is 23.5. The van der Waals surface area contributed by atoms with E-state index in [0.29, 0.717) is 21.1 Å². The molecule has 0 aliphatic rings. The lowest BCUT2D eigenvalue weighted by Gasteiger charge is -2.24. The number of nitrogens with zero attached hydrogens (tertiary/aromatic N) is 3. The predicted molar refractivity (Wildman–Crippen MR) is 290 cm³/mol. The second kappa shape index (κ2) is 31.8. The second-order valence-electron chi connectivity index (χ2n) is 16.6. The van der Waals surface area contributed by atoms with Crippen LogP contribution in [0.15, 0.2) is 153 Å². The van der Waals surface area contributed by atoms with Gasteiger partial charge in [0.05, 0.1) is 25.2 Å². The molecule has 2 amide bonds. The molecule has 2 heterocycles. The maximum absolute atomic E-state index is 12.6. The number of hydrogen-bond donors (Lipinski definition) is 6. The van der Waals surface area contributed by atoms with Gasteiger partial charge in [0.15, 0.2) is 24.6 Å². The number of Topliss-reactive ketones (excluding diaryl/α,β-unsaturated/α-hetero) is 1. The molecule has 0 bridgehead atoms. The van der Waals surface area contributed by atoms with Crippen LogP contribution in [0.5, 0.6) is 5.88 Å². The van der Waals surface area contributed by atoms with Crippen LogP contribution in [0, 0.1) is 0 Å². The normalized spacial score (nSPS) is 11.4. The maximum Gasteiger partial charge on any atom is 0.336 e. The molecule has 0 unspecified atom stereocenters. The fraction of sp³-hybridized carbons (Fsp3) is 0.204. The fourth-order valence-electron chi connectivity index (χ4n) is 6.67. The summed E-state index contributed by atoms with van der Waals surface area (Å²) in [5.41, 5.74) is 10.2. The van der Waals surface area contributed by atoms with E-state index in [1.807, 2.05) is 78.0 Å². The summed E-state index contributed by atoms with van der Waals surface area (Å²) >= 11 is 15.0. The Hall–Kier alpha value is -8.49. The molecule has 7 aromatic rings. The summed E-state index contributed by atoms with van der Waals surface area (Å²) in [5.74, 6) is -5.87. The van der Waals surface area contributed by atoms with E-state index in [1.54, 1.807) is 54.6 Å². The summed E-state index contributed by atoms with van der Waals surface area (Å²) in [7, 11) is 0. The average Bonchev–Trinajstić information content (AvgIpc) is 4.10. The summed E-state index contributed by atoms with van der Waals surface area (Å²) in [5, 5.41) is 38.7. The summed E-state index contributed by atoms with van der Waals surface area (Å²) in [6.07, 6.45) is -3.45. The van der Waals surface area contributed by atoms with Gasteiger partial charge in [-0.25, -0.2) is 19.6 Å². The van der Waals surface area contributed by atoms with E-state index in [1.165, 1.54) is 29.9 Å². The first-order chi connectivity index (χ1) is 38.3. The molecular weight excluding hydrogens is 1160 g/mol. The van der Waals surface area contributed by atoms with E-state index >= 15 is 0 Å². The minimum absolute atomic E-state index is 0.0729. The van der Waals surface area contributed by atoms with Crippen molar-refractivity contribution in [2.24, 2.45) is 0 Å². The lowest BCUT2D eigenvalue weighted by Crippen LogP contribution is -2.47. The van der Waals surface area contributed by atoms with Gasteiger partial charge in [-0.2, -0.15) is 5.16 Å². The van der Waals surface area contributed by atoms with E-state index in [9.17, 15) is 48.6 Å². The SMILES string of the molecule is CC(=O)OCBr.CC(=O)OCOc1cc(C(=O)NN(Cc2ccc(-c3cccc(Cl)c3)cc2)C[C@@H](O)C(=O)O)on1.O=C(COC(=O)[C@H](O)CN(Cc1ccc(-c2cccc(Cl)c2)cc1)NC(=O)c1cc(=O)[nH]o1)c1ccccc1. The standard InChI is InChI=1S/C28H24ClN3O7.C23H22ClN3O8.C3H5BrO2/c29-22-8-4-7-21(13-22)19-11-9-18(10-12-19)15-32(30-27(36)25-14-26(35)31-39-25)16-23(33)28(37)38-17-24(34)20-5-2-1-3-6-20;1-14(28)33-13-34-21-10-20(35-26-21)22(30)25-27(12-19(29)23(31)32)11-15-5-7-16(8-6-15)17-3-2-4-18(24)9-17;1-3(5)6-2-4/h1-14,23,33H,15-17H2,(H,30,36)(H,31,35);2-10,19,29H,11-13H2,1H3,(H,25,30)(H,31,32);2H2,1H3/t23-;19-;/m11./s1. The highest BCUT2D eigenvalue weighted by atomic mass is 79.9. The third-order valence-corrected chi connectivity index (χ3v) is 11.2. The van der Waals surface area contributed by atoms with Gasteiger partial charge >= 0.3 is 35.7 Å². The number of alkyl halides is 1. The molecule has 0 saturated carbocycles. The zero-order valence-electron chi connectivity index (χ0n) is 42.4. The van der Waals surface area contributed by atoms with Gasteiger partial charge in [0, 0.05) is 42.5 Å². The number of benzene rings is 5. The number of ether oxygens (including phenoxy) is 4. The van der Waals surface area contributed by atoms with E-state index in [-0.39, 0.29) is 43.0 Å². The lowest BCUT2D eigenvalue weighted by atomic mass is 10.0. The van der Waals surface area contributed by atoms with Gasteiger partial charge in [-0.05, 0) is 78.7 Å². The number of aliphatic carboxylic acids is 1. The third-order valence-electron chi connectivity index (χ3n) is 10.5. The number of rotatable bonds is 23. The molecule has 5 aromatic carbocycles. The Kier molecular flexibility index (Phi) is 24.8. The van der Waals surface area contributed by atoms with Gasteiger partial charge in [0.1, 0.15) is 5.52 Å². The van der Waals surface area contributed by atoms with Crippen LogP contribution in [-0.2, 0) is 46.5 Å². The second-order valence-corrected chi connectivity index (χ2v) is 17.9. The van der Waals surface area contributed by atoms with E-state index in [0.717, 1.165) is 39.4 Å². The Balaban J connectivity index is 0.000000268. The molecule has 420 valence electrons. The molecule has 0 aliphatic carbocycles. The number of aromatic nitrogens is 2. The first kappa shape index (κ1) is 62.4. The number of carbonyl (C=O) groups excluding carboxylic acids is 6. The van der Waals surface area contributed by atoms with Crippen molar-refractivity contribution in [1.82, 2.24) is 31.2 Å². The third kappa shape index (κ3) is 21.4. The van der Waals surface area contributed by atoms with E-state index < -0.39 is 73.2 Å². The molecule has 0 aliphatic heterocycles.